The van der Waals surface area contributed by atoms with E-state index in [1.807, 2.05) is 12.1 Å². The summed E-state index contributed by atoms with van der Waals surface area (Å²) in [5, 5.41) is 0. The Morgan fingerprint density at radius 1 is 0.826 bits per heavy atom. The zero-order valence-electron chi connectivity index (χ0n) is 12.9. The number of anilines is 1. The van der Waals surface area contributed by atoms with Crippen molar-refractivity contribution in [1.82, 2.24) is 0 Å². The van der Waals surface area contributed by atoms with Gasteiger partial charge in [0.25, 0.3) is 11.8 Å². The summed E-state index contributed by atoms with van der Waals surface area (Å²) in [5.74, 6) is 0.766. The summed E-state index contributed by atoms with van der Waals surface area (Å²) in [5.41, 5.74) is 1.82. The van der Waals surface area contributed by atoms with Gasteiger partial charge in [0.2, 0.25) is 0 Å². The van der Waals surface area contributed by atoms with Gasteiger partial charge < -0.3 is 4.74 Å². The van der Waals surface area contributed by atoms with Crippen molar-refractivity contribution < 1.29 is 14.3 Å². The zero-order valence-corrected chi connectivity index (χ0v) is 12.9. The van der Waals surface area contributed by atoms with E-state index in [1.54, 1.807) is 24.3 Å². The standard InChI is InChI=1S/C19H17NO3/c1-2-3-14-4-8-16(9-5-14)23-17-10-6-15(7-11-17)20-18(21)12-13-19(20)22/h4-13H,2-3H2,1H3. The van der Waals surface area contributed by atoms with Crippen molar-refractivity contribution in [2.24, 2.45) is 0 Å². The molecule has 0 atom stereocenters. The number of amides is 2. The molecular weight excluding hydrogens is 290 g/mol. The van der Waals surface area contributed by atoms with Crippen LogP contribution in [0.2, 0.25) is 0 Å². The fourth-order valence-electron chi connectivity index (χ4n) is 2.47. The number of nitrogens with zero attached hydrogens (tertiary/aromatic N) is 1. The van der Waals surface area contributed by atoms with Crippen LogP contribution in [0.25, 0.3) is 0 Å². The molecule has 2 amide bonds. The lowest BCUT2D eigenvalue weighted by Gasteiger charge is -2.14. The first-order valence-corrected chi connectivity index (χ1v) is 7.60. The lowest BCUT2D eigenvalue weighted by atomic mass is 10.1. The summed E-state index contributed by atoms with van der Waals surface area (Å²) in [7, 11) is 0. The summed E-state index contributed by atoms with van der Waals surface area (Å²) in [6.45, 7) is 2.15. The van der Waals surface area contributed by atoms with E-state index in [4.69, 9.17) is 4.74 Å². The quantitative estimate of drug-likeness (QED) is 0.788. The number of ether oxygens (including phenoxy) is 1. The highest BCUT2D eigenvalue weighted by atomic mass is 16.5. The van der Waals surface area contributed by atoms with Crippen molar-refractivity contribution in [1.29, 1.82) is 0 Å². The van der Waals surface area contributed by atoms with E-state index in [2.05, 4.69) is 19.1 Å². The monoisotopic (exact) mass is 307 g/mol. The molecule has 1 heterocycles. The summed E-state index contributed by atoms with van der Waals surface area (Å²) < 4.78 is 5.78. The van der Waals surface area contributed by atoms with Gasteiger partial charge in [-0.3, -0.25) is 9.59 Å². The van der Waals surface area contributed by atoms with Gasteiger partial charge in [-0.15, -0.1) is 0 Å². The molecule has 0 unspecified atom stereocenters. The van der Waals surface area contributed by atoms with Crippen LogP contribution in [-0.4, -0.2) is 11.8 Å². The van der Waals surface area contributed by atoms with Crippen LogP contribution < -0.4 is 9.64 Å². The maximum Gasteiger partial charge on any atom is 0.258 e. The molecule has 0 fully saturated rings. The zero-order chi connectivity index (χ0) is 16.2. The van der Waals surface area contributed by atoms with Gasteiger partial charge in [0.05, 0.1) is 5.69 Å². The van der Waals surface area contributed by atoms with E-state index in [0.717, 1.165) is 23.5 Å². The Labute approximate surface area is 135 Å². The van der Waals surface area contributed by atoms with E-state index in [1.165, 1.54) is 17.7 Å². The summed E-state index contributed by atoms with van der Waals surface area (Å²) in [4.78, 5) is 24.4. The van der Waals surface area contributed by atoms with Gasteiger partial charge >= 0.3 is 0 Å². The van der Waals surface area contributed by atoms with Crippen LogP contribution in [0.3, 0.4) is 0 Å². The van der Waals surface area contributed by atoms with Gasteiger partial charge in [-0.1, -0.05) is 25.5 Å². The first-order valence-electron chi connectivity index (χ1n) is 7.60. The Hall–Kier alpha value is -2.88. The van der Waals surface area contributed by atoms with Crippen LogP contribution >= 0.6 is 0 Å². The van der Waals surface area contributed by atoms with Crippen LogP contribution in [0.4, 0.5) is 5.69 Å². The van der Waals surface area contributed by atoms with Crippen molar-refractivity contribution >= 4 is 17.5 Å². The average molecular weight is 307 g/mol. The first kappa shape index (κ1) is 15.0. The highest BCUT2D eigenvalue weighted by molar-refractivity contribution is 6.28. The Morgan fingerprint density at radius 2 is 1.35 bits per heavy atom. The predicted molar refractivity (Wildman–Crippen MR) is 88.6 cm³/mol. The third-order valence-corrected chi connectivity index (χ3v) is 3.60. The highest BCUT2D eigenvalue weighted by Crippen LogP contribution is 2.26. The van der Waals surface area contributed by atoms with Crippen molar-refractivity contribution in [3.63, 3.8) is 0 Å². The van der Waals surface area contributed by atoms with Crippen molar-refractivity contribution in [3.05, 3.63) is 66.2 Å². The fourth-order valence-corrected chi connectivity index (χ4v) is 2.47. The van der Waals surface area contributed by atoms with E-state index < -0.39 is 0 Å². The van der Waals surface area contributed by atoms with E-state index >= 15 is 0 Å². The molecule has 4 heteroatoms. The van der Waals surface area contributed by atoms with Crippen LogP contribution in [0.5, 0.6) is 11.5 Å². The molecule has 0 saturated carbocycles. The molecule has 2 aromatic carbocycles. The van der Waals surface area contributed by atoms with E-state index in [-0.39, 0.29) is 11.8 Å². The van der Waals surface area contributed by atoms with E-state index in [9.17, 15) is 9.59 Å². The number of hydrogen-bond donors (Lipinski definition) is 0. The van der Waals surface area contributed by atoms with Crippen molar-refractivity contribution in [2.75, 3.05) is 4.90 Å². The second kappa shape index (κ2) is 6.48. The number of benzene rings is 2. The topological polar surface area (TPSA) is 46.6 Å². The molecule has 1 aliphatic heterocycles. The second-order valence-corrected chi connectivity index (χ2v) is 5.34. The Morgan fingerprint density at radius 3 is 1.87 bits per heavy atom. The van der Waals surface area contributed by atoms with E-state index in [0.29, 0.717) is 11.4 Å². The number of imide groups is 1. The van der Waals surface area contributed by atoms with Gasteiger partial charge in [0.1, 0.15) is 11.5 Å². The summed E-state index contributed by atoms with van der Waals surface area (Å²) >= 11 is 0. The molecule has 0 aliphatic carbocycles. The van der Waals surface area contributed by atoms with Gasteiger partial charge in [-0.05, 0) is 48.4 Å². The fraction of sp³-hybridized carbons (Fsp3) is 0.158. The van der Waals surface area contributed by atoms with Crippen LogP contribution in [0, 0.1) is 0 Å². The van der Waals surface area contributed by atoms with Crippen LogP contribution in [0.1, 0.15) is 18.9 Å². The average Bonchev–Trinajstić information content (AvgIpc) is 2.89. The number of rotatable bonds is 5. The van der Waals surface area contributed by atoms with Crippen molar-refractivity contribution in [2.45, 2.75) is 19.8 Å². The Kier molecular flexibility index (Phi) is 4.24. The molecule has 3 rings (SSSR count). The Balaban J connectivity index is 1.70. The molecule has 0 bridgehead atoms. The number of hydrogen-bond acceptors (Lipinski definition) is 3. The van der Waals surface area contributed by atoms with Gasteiger partial charge in [-0.25, -0.2) is 4.90 Å². The van der Waals surface area contributed by atoms with Gasteiger partial charge in [0.15, 0.2) is 0 Å². The molecule has 0 aromatic heterocycles. The molecule has 23 heavy (non-hydrogen) atoms. The number of carbonyl (C=O) groups excluding carboxylic acids is 2. The first-order chi connectivity index (χ1) is 11.2. The molecule has 0 radical (unpaired) electrons. The van der Waals surface area contributed by atoms with Gasteiger partial charge in [-0.2, -0.15) is 0 Å². The molecular formula is C19H17NO3. The second-order valence-electron chi connectivity index (χ2n) is 5.34. The SMILES string of the molecule is CCCc1ccc(Oc2ccc(N3C(=O)C=CC3=O)cc2)cc1. The maximum absolute atomic E-state index is 11.6. The molecule has 2 aromatic rings. The van der Waals surface area contributed by atoms with Crippen molar-refractivity contribution in [3.8, 4) is 11.5 Å². The van der Waals surface area contributed by atoms with Crippen LogP contribution in [0.15, 0.2) is 60.7 Å². The summed E-state index contributed by atoms with van der Waals surface area (Å²) in [6.07, 6.45) is 4.71. The molecule has 0 saturated heterocycles. The maximum atomic E-state index is 11.6. The minimum atomic E-state index is -0.324. The smallest absolute Gasteiger partial charge is 0.258 e. The minimum absolute atomic E-state index is 0.324. The normalized spacial score (nSPS) is 13.7. The molecule has 0 N–H and O–H groups in total. The predicted octanol–water partition coefficient (Wildman–Crippen LogP) is 3.86. The van der Waals surface area contributed by atoms with Crippen LogP contribution in [-0.2, 0) is 16.0 Å². The number of aryl methyl sites for hydroxylation is 1. The molecule has 116 valence electrons. The largest absolute Gasteiger partial charge is 0.457 e. The Bertz CT molecular complexity index is 727. The third-order valence-electron chi connectivity index (χ3n) is 3.60. The molecule has 1 aliphatic rings. The lowest BCUT2D eigenvalue weighted by molar-refractivity contribution is -0.119. The molecule has 4 nitrogen and oxygen atoms in total. The third kappa shape index (κ3) is 3.31. The van der Waals surface area contributed by atoms with Gasteiger partial charge in [0, 0.05) is 12.2 Å². The minimum Gasteiger partial charge on any atom is -0.457 e. The molecule has 0 spiro atoms. The number of carbonyl (C=O) groups is 2. The lowest BCUT2D eigenvalue weighted by Crippen LogP contribution is -2.29. The highest BCUT2D eigenvalue weighted by Gasteiger charge is 2.24. The summed E-state index contributed by atoms with van der Waals surface area (Å²) in [6, 6.07) is 14.9.